The van der Waals surface area contributed by atoms with Crippen molar-refractivity contribution in [2.45, 2.75) is 20.8 Å². The van der Waals surface area contributed by atoms with Crippen molar-refractivity contribution in [3.05, 3.63) is 47.5 Å². The highest BCUT2D eigenvalue weighted by molar-refractivity contribution is 6.09. The van der Waals surface area contributed by atoms with E-state index in [2.05, 4.69) is 10.6 Å². The van der Waals surface area contributed by atoms with Crippen LogP contribution in [0.15, 0.2) is 36.4 Å². The number of benzene rings is 2. The van der Waals surface area contributed by atoms with Gasteiger partial charge in [0.2, 0.25) is 5.91 Å². The van der Waals surface area contributed by atoms with Crippen LogP contribution in [0.4, 0.5) is 11.4 Å². The Morgan fingerprint density at radius 1 is 1.13 bits per heavy atom. The summed E-state index contributed by atoms with van der Waals surface area (Å²) in [6.45, 7) is 5.57. The van der Waals surface area contributed by atoms with E-state index in [9.17, 15) is 9.59 Å². The highest BCUT2D eigenvalue weighted by Gasteiger charge is 2.21. The van der Waals surface area contributed by atoms with Gasteiger partial charge in [-0.25, -0.2) is 0 Å². The summed E-state index contributed by atoms with van der Waals surface area (Å²) in [6, 6.07) is 10.7. The third-order valence-electron chi connectivity index (χ3n) is 3.62. The molecule has 23 heavy (non-hydrogen) atoms. The second-order valence-electron chi connectivity index (χ2n) is 5.91. The Kier molecular flexibility index (Phi) is 3.78. The van der Waals surface area contributed by atoms with Crippen molar-refractivity contribution < 1.29 is 14.3 Å². The van der Waals surface area contributed by atoms with Crippen molar-refractivity contribution in [1.29, 1.82) is 0 Å². The van der Waals surface area contributed by atoms with Gasteiger partial charge >= 0.3 is 0 Å². The van der Waals surface area contributed by atoms with Crippen molar-refractivity contribution in [1.82, 2.24) is 0 Å². The number of amides is 2. The number of rotatable bonds is 2. The van der Waals surface area contributed by atoms with Crippen LogP contribution in [0.2, 0.25) is 0 Å². The quantitative estimate of drug-likeness (QED) is 0.882. The lowest BCUT2D eigenvalue weighted by molar-refractivity contribution is -0.118. The first-order valence-corrected chi connectivity index (χ1v) is 7.49. The van der Waals surface area contributed by atoms with Crippen molar-refractivity contribution in [2.24, 2.45) is 5.92 Å². The lowest BCUT2D eigenvalue weighted by Crippen LogP contribution is -2.18. The molecule has 0 saturated carbocycles. The van der Waals surface area contributed by atoms with Crippen molar-refractivity contribution in [3.63, 3.8) is 0 Å². The molecule has 2 aromatic rings. The Hall–Kier alpha value is -2.82. The van der Waals surface area contributed by atoms with E-state index in [1.807, 2.05) is 39.0 Å². The van der Waals surface area contributed by atoms with Gasteiger partial charge in [-0.05, 0) is 42.8 Å². The van der Waals surface area contributed by atoms with E-state index in [0.717, 1.165) is 5.56 Å². The summed E-state index contributed by atoms with van der Waals surface area (Å²) in [7, 11) is 0. The molecule has 1 aliphatic heterocycles. The average molecular weight is 310 g/mol. The summed E-state index contributed by atoms with van der Waals surface area (Å²) in [5, 5.41) is 5.63. The van der Waals surface area contributed by atoms with Crippen LogP contribution in [0.5, 0.6) is 11.5 Å². The first-order chi connectivity index (χ1) is 10.9. The summed E-state index contributed by atoms with van der Waals surface area (Å²) < 4.78 is 5.84. The fourth-order valence-corrected chi connectivity index (χ4v) is 2.30. The highest BCUT2D eigenvalue weighted by Crippen LogP contribution is 2.37. The number of hydrogen-bond acceptors (Lipinski definition) is 3. The van der Waals surface area contributed by atoms with Gasteiger partial charge in [0, 0.05) is 11.6 Å². The van der Waals surface area contributed by atoms with Crippen LogP contribution < -0.4 is 15.4 Å². The summed E-state index contributed by atoms with van der Waals surface area (Å²) in [5.74, 6) is 0.573. The van der Waals surface area contributed by atoms with E-state index < -0.39 is 0 Å². The van der Waals surface area contributed by atoms with Gasteiger partial charge in [0.1, 0.15) is 5.75 Å². The molecule has 2 aromatic carbocycles. The number of fused-ring (bicyclic) bond motifs is 2. The molecular weight excluding hydrogens is 292 g/mol. The number of carbonyl (C=O) groups is 2. The Morgan fingerprint density at radius 2 is 1.87 bits per heavy atom. The average Bonchev–Trinajstić information content (AvgIpc) is 2.63. The van der Waals surface area contributed by atoms with Gasteiger partial charge in [-0.15, -0.1) is 0 Å². The number of carbonyl (C=O) groups excluding carboxylic acids is 2. The third-order valence-corrected chi connectivity index (χ3v) is 3.62. The van der Waals surface area contributed by atoms with E-state index in [1.54, 1.807) is 18.2 Å². The zero-order valence-corrected chi connectivity index (χ0v) is 13.3. The number of aryl methyl sites for hydroxylation is 1. The zero-order chi connectivity index (χ0) is 16.6. The molecule has 0 aromatic heterocycles. The minimum absolute atomic E-state index is 0.0983. The molecule has 5 nitrogen and oxygen atoms in total. The predicted molar refractivity (Wildman–Crippen MR) is 89.1 cm³/mol. The number of nitrogens with one attached hydrogen (secondary N) is 2. The Labute approximate surface area is 134 Å². The second-order valence-corrected chi connectivity index (χ2v) is 5.91. The largest absolute Gasteiger partial charge is 0.454 e. The van der Waals surface area contributed by atoms with Gasteiger partial charge in [-0.1, -0.05) is 19.9 Å². The van der Waals surface area contributed by atoms with Crippen LogP contribution in [0, 0.1) is 12.8 Å². The molecule has 2 N–H and O–H groups in total. The smallest absolute Gasteiger partial charge is 0.259 e. The Balaban J connectivity index is 1.95. The number of ether oxygens (including phenoxy) is 1. The maximum Gasteiger partial charge on any atom is 0.259 e. The molecule has 3 rings (SSSR count). The van der Waals surface area contributed by atoms with Gasteiger partial charge in [0.25, 0.3) is 5.91 Å². The molecule has 0 radical (unpaired) electrons. The molecule has 5 heteroatoms. The maximum absolute atomic E-state index is 12.4. The fraction of sp³-hybridized carbons (Fsp3) is 0.222. The topological polar surface area (TPSA) is 67.4 Å². The molecule has 0 spiro atoms. The second kappa shape index (κ2) is 5.76. The molecule has 2 amide bonds. The van der Waals surface area contributed by atoms with E-state index in [1.165, 1.54) is 0 Å². The normalized spacial score (nSPS) is 12.6. The van der Waals surface area contributed by atoms with E-state index >= 15 is 0 Å². The van der Waals surface area contributed by atoms with Gasteiger partial charge in [0.05, 0.1) is 11.3 Å². The molecule has 0 fully saturated rings. The molecule has 0 aliphatic carbocycles. The van der Waals surface area contributed by atoms with Crippen LogP contribution in [-0.2, 0) is 4.79 Å². The van der Waals surface area contributed by atoms with Gasteiger partial charge < -0.3 is 15.4 Å². The maximum atomic E-state index is 12.4. The third kappa shape index (κ3) is 3.04. The molecule has 118 valence electrons. The van der Waals surface area contributed by atoms with Crippen molar-refractivity contribution in [2.75, 3.05) is 10.6 Å². The summed E-state index contributed by atoms with van der Waals surface area (Å²) >= 11 is 0. The van der Waals surface area contributed by atoms with E-state index in [0.29, 0.717) is 28.4 Å². The minimum atomic E-state index is -0.259. The molecule has 1 heterocycles. The standard InChI is InChI=1S/C18H18N2O3/c1-10(2)17(21)19-12-5-7-15-13(9-12)18(22)20-14-8-11(3)4-6-16(14)23-15/h4-10H,1-3H3,(H,19,21)(H,20,22). The van der Waals surface area contributed by atoms with Crippen LogP contribution in [0.3, 0.4) is 0 Å². The summed E-state index contributed by atoms with van der Waals surface area (Å²) in [6.07, 6.45) is 0. The lowest BCUT2D eigenvalue weighted by atomic mass is 10.1. The first kappa shape index (κ1) is 15.1. The SMILES string of the molecule is Cc1ccc2c(c1)NC(=O)c1cc(NC(=O)C(C)C)ccc1O2. The molecule has 0 unspecified atom stereocenters. The predicted octanol–water partition coefficient (Wildman–Crippen LogP) is 3.95. The highest BCUT2D eigenvalue weighted by atomic mass is 16.5. The monoisotopic (exact) mass is 310 g/mol. The number of hydrogen-bond donors (Lipinski definition) is 2. The molecule has 0 atom stereocenters. The summed E-state index contributed by atoms with van der Waals surface area (Å²) in [5.41, 5.74) is 2.63. The van der Waals surface area contributed by atoms with Gasteiger partial charge in [-0.3, -0.25) is 9.59 Å². The van der Waals surface area contributed by atoms with Gasteiger partial charge in [-0.2, -0.15) is 0 Å². The van der Waals surface area contributed by atoms with Crippen LogP contribution >= 0.6 is 0 Å². The van der Waals surface area contributed by atoms with Crippen molar-refractivity contribution in [3.8, 4) is 11.5 Å². The summed E-state index contributed by atoms with van der Waals surface area (Å²) in [4.78, 5) is 24.3. The first-order valence-electron chi connectivity index (χ1n) is 7.49. The Morgan fingerprint density at radius 3 is 2.61 bits per heavy atom. The minimum Gasteiger partial charge on any atom is -0.454 e. The fourth-order valence-electron chi connectivity index (χ4n) is 2.30. The molecular formula is C18H18N2O3. The Bertz CT molecular complexity index is 797. The molecule has 0 saturated heterocycles. The van der Waals surface area contributed by atoms with E-state index in [4.69, 9.17) is 4.74 Å². The van der Waals surface area contributed by atoms with Gasteiger partial charge in [0.15, 0.2) is 5.75 Å². The van der Waals surface area contributed by atoms with Crippen molar-refractivity contribution >= 4 is 23.2 Å². The zero-order valence-electron chi connectivity index (χ0n) is 13.3. The molecule has 0 bridgehead atoms. The lowest BCUT2D eigenvalue weighted by Gasteiger charge is -2.11. The number of anilines is 2. The van der Waals surface area contributed by atoms with E-state index in [-0.39, 0.29) is 17.7 Å². The van der Waals surface area contributed by atoms with Crippen LogP contribution in [0.25, 0.3) is 0 Å². The van der Waals surface area contributed by atoms with Crippen LogP contribution in [0.1, 0.15) is 29.8 Å². The molecule has 1 aliphatic rings. The van der Waals surface area contributed by atoms with Crippen LogP contribution in [-0.4, -0.2) is 11.8 Å².